The van der Waals surface area contributed by atoms with Crippen LogP contribution in [0.25, 0.3) is 0 Å². The quantitative estimate of drug-likeness (QED) is 0.717. The first-order valence-corrected chi connectivity index (χ1v) is 4.66. The lowest BCUT2D eigenvalue weighted by molar-refractivity contribution is 0.154. The molecule has 13 heavy (non-hydrogen) atoms. The zero-order valence-electron chi connectivity index (χ0n) is 7.68. The third-order valence-corrected chi connectivity index (χ3v) is 2.48. The molecule has 1 aromatic rings. The van der Waals surface area contributed by atoms with Crippen LogP contribution in [-0.4, -0.2) is 17.3 Å². The van der Waals surface area contributed by atoms with Gasteiger partial charge < -0.3 is 9.84 Å². The van der Waals surface area contributed by atoms with Crippen molar-refractivity contribution in [2.24, 2.45) is 0 Å². The van der Waals surface area contributed by atoms with Gasteiger partial charge in [0.25, 0.3) is 0 Å². The molecule has 1 aliphatic rings. The highest BCUT2D eigenvalue weighted by molar-refractivity contribution is 5.17. The summed E-state index contributed by atoms with van der Waals surface area (Å²) in [6, 6.07) is 9.72. The van der Waals surface area contributed by atoms with Gasteiger partial charge in [-0.05, 0) is 12.5 Å². The Labute approximate surface area is 78.2 Å². The van der Waals surface area contributed by atoms with E-state index in [1.165, 1.54) is 0 Å². The van der Waals surface area contributed by atoms with E-state index in [0.717, 1.165) is 5.56 Å². The minimum Gasteiger partial charge on any atom is -0.388 e. The molecule has 1 aromatic carbocycles. The van der Waals surface area contributed by atoms with Gasteiger partial charge in [-0.2, -0.15) is 0 Å². The Kier molecular flexibility index (Phi) is 2.34. The van der Waals surface area contributed by atoms with Gasteiger partial charge in [0.15, 0.2) is 0 Å². The molecule has 1 N–H and O–H groups in total. The summed E-state index contributed by atoms with van der Waals surface area (Å²) in [5, 5.41) is 9.77. The Morgan fingerprint density at radius 3 is 2.54 bits per heavy atom. The van der Waals surface area contributed by atoms with E-state index in [1.807, 2.05) is 37.3 Å². The summed E-state index contributed by atoms with van der Waals surface area (Å²) in [7, 11) is 0. The number of epoxide rings is 1. The lowest BCUT2D eigenvalue weighted by Gasteiger charge is -2.08. The van der Waals surface area contributed by atoms with Crippen molar-refractivity contribution < 1.29 is 9.84 Å². The molecule has 1 heterocycles. The first-order valence-electron chi connectivity index (χ1n) is 4.66. The van der Waals surface area contributed by atoms with Crippen LogP contribution in [0.2, 0.25) is 0 Å². The van der Waals surface area contributed by atoms with Gasteiger partial charge in [0.05, 0.1) is 18.3 Å². The molecule has 1 saturated heterocycles. The van der Waals surface area contributed by atoms with E-state index in [-0.39, 0.29) is 12.2 Å². The monoisotopic (exact) mass is 178 g/mol. The van der Waals surface area contributed by atoms with Crippen molar-refractivity contribution in [3.63, 3.8) is 0 Å². The van der Waals surface area contributed by atoms with Crippen LogP contribution in [0.1, 0.15) is 25.0 Å². The van der Waals surface area contributed by atoms with Gasteiger partial charge in [-0.3, -0.25) is 0 Å². The summed E-state index contributed by atoms with van der Waals surface area (Å²) in [4.78, 5) is 0. The van der Waals surface area contributed by atoms with Gasteiger partial charge in [-0.1, -0.05) is 30.3 Å². The Morgan fingerprint density at radius 2 is 2.00 bits per heavy atom. The van der Waals surface area contributed by atoms with Crippen molar-refractivity contribution in [1.29, 1.82) is 0 Å². The molecule has 0 radical (unpaired) electrons. The highest BCUT2D eigenvalue weighted by atomic mass is 16.6. The van der Waals surface area contributed by atoms with Crippen LogP contribution in [0.5, 0.6) is 0 Å². The summed E-state index contributed by atoms with van der Waals surface area (Å²) < 4.78 is 5.25. The zero-order chi connectivity index (χ0) is 9.26. The summed E-state index contributed by atoms with van der Waals surface area (Å²) >= 11 is 0. The second-order valence-corrected chi connectivity index (χ2v) is 3.54. The molecule has 0 aromatic heterocycles. The van der Waals surface area contributed by atoms with E-state index >= 15 is 0 Å². The van der Waals surface area contributed by atoms with E-state index in [4.69, 9.17) is 4.74 Å². The fourth-order valence-corrected chi connectivity index (χ4v) is 1.51. The number of hydrogen-bond acceptors (Lipinski definition) is 2. The Bertz CT molecular complexity index is 271. The molecule has 3 atom stereocenters. The lowest BCUT2D eigenvalue weighted by atomic mass is 10.0. The van der Waals surface area contributed by atoms with E-state index in [2.05, 4.69) is 0 Å². The average Bonchev–Trinajstić information content (AvgIpc) is 2.83. The molecule has 3 unspecified atom stereocenters. The standard InChI is InChI=1S/C11H14O2/c1-8-11(13-8)7-10(12)9-5-3-2-4-6-9/h2-6,8,10-12H,7H2,1H3. The molecule has 0 saturated carbocycles. The molecule has 0 aliphatic carbocycles. The molecule has 0 spiro atoms. The summed E-state index contributed by atoms with van der Waals surface area (Å²) in [6.45, 7) is 2.03. The molecule has 2 nitrogen and oxygen atoms in total. The fraction of sp³-hybridized carbons (Fsp3) is 0.455. The molecule has 1 aliphatic heterocycles. The van der Waals surface area contributed by atoms with E-state index in [1.54, 1.807) is 0 Å². The molecular formula is C11H14O2. The number of ether oxygens (including phenoxy) is 1. The molecule has 70 valence electrons. The minimum atomic E-state index is -0.379. The lowest BCUT2D eigenvalue weighted by Crippen LogP contribution is -2.02. The zero-order valence-corrected chi connectivity index (χ0v) is 7.68. The van der Waals surface area contributed by atoms with Crippen LogP contribution in [0, 0.1) is 0 Å². The van der Waals surface area contributed by atoms with Crippen molar-refractivity contribution in [3.8, 4) is 0 Å². The topological polar surface area (TPSA) is 32.8 Å². The van der Waals surface area contributed by atoms with Gasteiger partial charge in [0, 0.05) is 6.42 Å². The van der Waals surface area contributed by atoms with Crippen LogP contribution in [0.3, 0.4) is 0 Å². The summed E-state index contributed by atoms with van der Waals surface area (Å²) in [5.74, 6) is 0. The predicted molar refractivity (Wildman–Crippen MR) is 50.4 cm³/mol. The Balaban J connectivity index is 1.94. The third kappa shape index (κ3) is 2.08. The van der Waals surface area contributed by atoms with E-state index < -0.39 is 0 Å². The van der Waals surface area contributed by atoms with Crippen molar-refractivity contribution >= 4 is 0 Å². The first kappa shape index (κ1) is 8.73. The number of aliphatic hydroxyl groups is 1. The van der Waals surface area contributed by atoms with Crippen LogP contribution in [0.15, 0.2) is 30.3 Å². The minimum absolute atomic E-state index is 0.259. The Hall–Kier alpha value is -0.860. The number of aliphatic hydroxyl groups excluding tert-OH is 1. The molecule has 2 rings (SSSR count). The highest BCUT2D eigenvalue weighted by Gasteiger charge is 2.35. The van der Waals surface area contributed by atoms with Gasteiger partial charge in [-0.15, -0.1) is 0 Å². The molecule has 0 amide bonds. The molecule has 2 heteroatoms. The molecular weight excluding hydrogens is 164 g/mol. The van der Waals surface area contributed by atoms with Crippen molar-refractivity contribution in [2.75, 3.05) is 0 Å². The van der Waals surface area contributed by atoms with Crippen LogP contribution in [0.4, 0.5) is 0 Å². The Morgan fingerprint density at radius 1 is 1.38 bits per heavy atom. The number of benzene rings is 1. The van der Waals surface area contributed by atoms with Crippen molar-refractivity contribution in [2.45, 2.75) is 31.7 Å². The van der Waals surface area contributed by atoms with Crippen LogP contribution in [-0.2, 0) is 4.74 Å². The maximum absolute atomic E-state index is 9.77. The maximum atomic E-state index is 9.77. The van der Waals surface area contributed by atoms with Gasteiger partial charge in [0.2, 0.25) is 0 Å². The average molecular weight is 178 g/mol. The second-order valence-electron chi connectivity index (χ2n) is 3.54. The van der Waals surface area contributed by atoms with Gasteiger partial charge in [0.1, 0.15) is 0 Å². The molecule has 0 bridgehead atoms. The maximum Gasteiger partial charge on any atom is 0.0867 e. The SMILES string of the molecule is CC1OC1CC(O)c1ccccc1. The van der Waals surface area contributed by atoms with Crippen molar-refractivity contribution in [3.05, 3.63) is 35.9 Å². The van der Waals surface area contributed by atoms with Crippen LogP contribution >= 0.6 is 0 Å². The van der Waals surface area contributed by atoms with E-state index in [9.17, 15) is 5.11 Å². The van der Waals surface area contributed by atoms with Crippen molar-refractivity contribution in [1.82, 2.24) is 0 Å². The van der Waals surface area contributed by atoms with E-state index in [0.29, 0.717) is 12.5 Å². The molecule has 1 fully saturated rings. The predicted octanol–water partition coefficient (Wildman–Crippen LogP) is 1.90. The van der Waals surface area contributed by atoms with Gasteiger partial charge in [-0.25, -0.2) is 0 Å². The summed E-state index contributed by atoms with van der Waals surface area (Å²) in [6.07, 6.45) is 0.926. The number of hydrogen-bond donors (Lipinski definition) is 1. The third-order valence-electron chi connectivity index (χ3n) is 2.48. The largest absolute Gasteiger partial charge is 0.388 e. The highest BCUT2D eigenvalue weighted by Crippen LogP contribution is 2.30. The smallest absolute Gasteiger partial charge is 0.0867 e. The fourth-order valence-electron chi connectivity index (χ4n) is 1.51. The number of rotatable bonds is 3. The van der Waals surface area contributed by atoms with Gasteiger partial charge >= 0.3 is 0 Å². The first-order chi connectivity index (χ1) is 6.27. The second kappa shape index (κ2) is 3.48. The summed E-state index contributed by atoms with van der Waals surface area (Å²) in [5.41, 5.74) is 0.977. The van der Waals surface area contributed by atoms with Crippen LogP contribution < -0.4 is 0 Å². The normalized spacial score (nSPS) is 28.5.